The summed E-state index contributed by atoms with van der Waals surface area (Å²) in [5.74, 6) is 1.58. The molecule has 0 aliphatic heterocycles. The summed E-state index contributed by atoms with van der Waals surface area (Å²) in [4.78, 5) is 0. The minimum atomic E-state index is 0.518. The lowest BCUT2D eigenvalue weighted by atomic mass is 10.1. The summed E-state index contributed by atoms with van der Waals surface area (Å²) in [6.45, 7) is 8.56. The van der Waals surface area contributed by atoms with Gasteiger partial charge in [0.25, 0.3) is 0 Å². The smallest absolute Gasteiger partial charge is 0.123 e. The lowest BCUT2D eigenvalue weighted by Gasteiger charge is -2.10. The number of rotatable bonds is 8. The van der Waals surface area contributed by atoms with Gasteiger partial charge >= 0.3 is 0 Å². The second-order valence-electron chi connectivity index (χ2n) is 5.94. The SMILES string of the molecule is C=Cc1ccc(COc2cccc(OCc3ccc(C=C)cc3)c2)cc1. The molecule has 0 spiro atoms. The standard InChI is InChI=1S/C24H22O2/c1-3-19-8-12-21(13-9-19)17-25-23-6-5-7-24(16-23)26-18-22-14-10-20(4-2)11-15-22/h3-16H,1-2,17-18H2. The molecule has 0 aliphatic rings. The molecule has 0 bridgehead atoms. The first-order valence-corrected chi connectivity index (χ1v) is 8.55. The molecule has 0 fully saturated rings. The predicted molar refractivity (Wildman–Crippen MR) is 108 cm³/mol. The van der Waals surface area contributed by atoms with Crippen molar-refractivity contribution in [3.05, 3.63) is 108 Å². The van der Waals surface area contributed by atoms with E-state index in [2.05, 4.69) is 13.2 Å². The second kappa shape index (κ2) is 8.72. The van der Waals surface area contributed by atoms with Gasteiger partial charge in [-0.05, 0) is 34.4 Å². The molecule has 0 saturated carbocycles. The Morgan fingerprint density at radius 1 is 0.615 bits per heavy atom. The Bertz CT molecular complexity index is 791. The van der Waals surface area contributed by atoms with Gasteiger partial charge < -0.3 is 9.47 Å². The van der Waals surface area contributed by atoms with E-state index in [4.69, 9.17) is 9.47 Å². The van der Waals surface area contributed by atoms with E-state index in [1.54, 1.807) is 0 Å². The zero-order valence-electron chi connectivity index (χ0n) is 14.7. The average molecular weight is 342 g/mol. The number of hydrogen-bond donors (Lipinski definition) is 0. The van der Waals surface area contributed by atoms with Crippen molar-refractivity contribution in [1.29, 1.82) is 0 Å². The van der Waals surface area contributed by atoms with E-state index >= 15 is 0 Å². The molecule has 0 aromatic heterocycles. The molecule has 2 heteroatoms. The summed E-state index contributed by atoms with van der Waals surface area (Å²) in [7, 11) is 0. The Hall–Kier alpha value is -3.26. The van der Waals surface area contributed by atoms with Gasteiger partial charge in [-0.2, -0.15) is 0 Å². The maximum Gasteiger partial charge on any atom is 0.123 e. The van der Waals surface area contributed by atoms with Crippen molar-refractivity contribution in [2.24, 2.45) is 0 Å². The first-order chi connectivity index (χ1) is 12.8. The molecule has 0 aliphatic carbocycles. The minimum Gasteiger partial charge on any atom is -0.489 e. The first-order valence-electron chi connectivity index (χ1n) is 8.55. The van der Waals surface area contributed by atoms with Gasteiger partial charge in [-0.25, -0.2) is 0 Å². The van der Waals surface area contributed by atoms with E-state index in [0.717, 1.165) is 33.8 Å². The fourth-order valence-electron chi connectivity index (χ4n) is 2.49. The third kappa shape index (κ3) is 4.87. The molecule has 0 N–H and O–H groups in total. The molecule has 3 aromatic carbocycles. The summed E-state index contributed by atoms with van der Waals surface area (Å²) in [6.07, 6.45) is 3.66. The van der Waals surface area contributed by atoms with Crippen LogP contribution >= 0.6 is 0 Å². The van der Waals surface area contributed by atoms with Gasteiger partial charge in [-0.15, -0.1) is 0 Å². The Kier molecular flexibility index (Phi) is 5.89. The molecule has 0 heterocycles. The highest BCUT2D eigenvalue weighted by molar-refractivity contribution is 5.47. The molecule has 0 atom stereocenters. The van der Waals surface area contributed by atoms with E-state index in [1.807, 2.05) is 84.9 Å². The second-order valence-corrected chi connectivity index (χ2v) is 5.94. The molecule has 0 radical (unpaired) electrons. The molecule has 130 valence electrons. The van der Waals surface area contributed by atoms with Gasteiger partial charge in [0.15, 0.2) is 0 Å². The Morgan fingerprint density at radius 2 is 1.04 bits per heavy atom. The van der Waals surface area contributed by atoms with E-state index in [9.17, 15) is 0 Å². The molecule has 0 unspecified atom stereocenters. The average Bonchev–Trinajstić information content (AvgIpc) is 2.72. The molecule has 3 aromatic rings. The monoisotopic (exact) mass is 342 g/mol. The highest BCUT2D eigenvalue weighted by atomic mass is 16.5. The van der Waals surface area contributed by atoms with Gasteiger partial charge in [0.05, 0.1) is 0 Å². The number of ether oxygens (including phenoxy) is 2. The lowest BCUT2D eigenvalue weighted by molar-refractivity contribution is 0.290. The van der Waals surface area contributed by atoms with Crippen LogP contribution in [0.5, 0.6) is 11.5 Å². The minimum absolute atomic E-state index is 0.518. The molecule has 3 rings (SSSR count). The summed E-state index contributed by atoms with van der Waals surface area (Å²) >= 11 is 0. The Balaban J connectivity index is 1.56. The van der Waals surface area contributed by atoms with Crippen molar-refractivity contribution in [1.82, 2.24) is 0 Å². The third-order valence-electron chi connectivity index (χ3n) is 4.05. The molecule has 26 heavy (non-hydrogen) atoms. The highest BCUT2D eigenvalue weighted by Crippen LogP contribution is 2.21. The van der Waals surface area contributed by atoms with Crippen LogP contribution in [0.4, 0.5) is 0 Å². The van der Waals surface area contributed by atoms with E-state index < -0.39 is 0 Å². The zero-order chi connectivity index (χ0) is 18.2. The predicted octanol–water partition coefficient (Wildman–Crippen LogP) is 6.13. The number of benzene rings is 3. The van der Waals surface area contributed by atoms with Gasteiger partial charge in [-0.1, -0.05) is 79.9 Å². The van der Waals surface area contributed by atoms with Crippen molar-refractivity contribution in [2.75, 3.05) is 0 Å². The number of hydrogen-bond acceptors (Lipinski definition) is 2. The van der Waals surface area contributed by atoms with Crippen molar-refractivity contribution >= 4 is 12.2 Å². The Labute approximate surface area is 155 Å². The van der Waals surface area contributed by atoms with Crippen LogP contribution in [-0.4, -0.2) is 0 Å². The van der Waals surface area contributed by atoms with Gasteiger partial charge in [-0.3, -0.25) is 0 Å². The van der Waals surface area contributed by atoms with Crippen LogP contribution in [0, 0.1) is 0 Å². The molecule has 0 saturated heterocycles. The van der Waals surface area contributed by atoms with Crippen molar-refractivity contribution in [3.63, 3.8) is 0 Å². The van der Waals surface area contributed by atoms with Crippen LogP contribution < -0.4 is 9.47 Å². The highest BCUT2D eigenvalue weighted by Gasteiger charge is 2.01. The van der Waals surface area contributed by atoms with Crippen molar-refractivity contribution in [3.8, 4) is 11.5 Å². The van der Waals surface area contributed by atoms with E-state index in [-0.39, 0.29) is 0 Å². The van der Waals surface area contributed by atoms with Gasteiger partial charge in [0, 0.05) is 6.07 Å². The quantitative estimate of drug-likeness (QED) is 0.490. The fraction of sp³-hybridized carbons (Fsp3) is 0.0833. The lowest BCUT2D eigenvalue weighted by Crippen LogP contribution is -1.98. The van der Waals surface area contributed by atoms with E-state index in [1.165, 1.54) is 0 Å². The molecule has 2 nitrogen and oxygen atoms in total. The summed E-state index contributed by atoms with van der Waals surface area (Å²) < 4.78 is 11.7. The van der Waals surface area contributed by atoms with Gasteiger partial charge in [0.2, 0.25) is 0 Å². The van der Waals surface area contributed by atoms with Crippen LogP contribution in [0.2, 0.25) is 0 Å². The zero-order valence-corrected chi connectivity index (χ0v) is 14.7. The summed E-state index contributed by atoms with van der Waals surface area (Å²) in [5, 5.41) is 0. The van der Waals surface area contributed by atoms with Gasteiger partial charge in [0.1, 0.15) is 24.7 Å². The molecular weight excluding hydrogens is 320 g/mol. The van der Waals surface area contributed by atoms with Crippen LogP contribution in [0.1, 0.15) is 22.3 Å². The van der Waals surface area contributed by atoms with Crippen molar-refractivity contribution in [2.45, 2.75) is 13.2 Å². The van der Waals surface area contributed by atoms with Crippen molar-refractivity contribution < 1.29 is 9.47 Å². The maximum absolute atomic E-state index is 5.87. The maximum atomic E-state index is 5.87. The summed E-state index contributed by atoms with van der Waals surface area (Å²) in [6, 6.07) is 24.0. The molecular formula is C24H22O2. The largest absolute Gasteiger partial charge is 0.489 e. The normalized spacial score (nSPS) is 10.2. The van der Waals surface area contributed by atoms with Crippen LogP contribution in [0.3, 0.4) is 0 Å². The third-order valence-corrected chi connectivity index (χ3v) is 4.05. The topological polar surface area (TPSA) is 18.5 Å². The van der Waals surface area contributed by atoms with Crippen LogP contribution in [0.15, 0.2) is 86.0 Å². The first kappa shape index (κ1) is 17.6. The van der Waals surface area contributed by atoms with E-state index in [0.29, 0.717) is 13.2 Å². The fourth-order valence-corrected chi connectivity index (χ4v) is 2.49. The van der Waals surface area contributed by atoms with Crippen LogP contribution in [-0.2, 0) is 13.2 Å². The van der Waals surface area contributed by atoms with Crippen LogP contribution in [0.25, 0.3) is 12.2 Å². The summed E-state index contributed by atoms with van der Waals surface area (Å²) in [5.41, 5.74) is 4.43. The Morgan fingerprint density at radius 3 is 1.42 bits per heavy atom. The molecule has 0 amide bonds.